The summed E-state index contributed by atoms with van der Waals surface area (Å²) in [6.45, 7) is 8.71. The normalized spacial score (nSPS) is 10.9. The van der Waals surface area contributed by atoms with Gasteiger partial charge < -0.3 is 24.3 Å². The van der Waals surface area contributed by atoms with Crippen LogP contribution in [0.3, 0.4) is 0 Å². The van der Waals surface area contributed by atoms with Crippen LogP contribution in [0.15, 0.2) is 0 Å². The molecule has 0 spiro atoms. The van der Waals surface area contributed by atoms with Gasteiger partial charge in [0, 0.05) is 13.7 Å². The largest absolute Gasteiger partial charge is 0.382 e. The smallest absolute Gasteiger partial charge is 0.0701 e. The Hall–Kier alpha value is -0.200. The molecule has 17 heavy (non-hydrogen) atoms. The fraction of sp³-hybridized carbons (Fsp3) is 1.00. The van der Waals surface area contributed by atoms with Gasteiger partial charge in [-0.15, -0.1) is 0 Å². The summed E-state index contributed by atoms with van der Waals surface area (Å²) in [4.78, 5) is 0. The Morgan fingerprint density at radius 1 is 0.765 bits per heavy atom. The molecule has 0 aliphatic heterocycles. The minimum Gasteiger partial charge on any atom is -0.382 e. The molecule has 5 heteroatoms. The predicted octanol–water partition coefficient (Wildman–Crippen LogP) is 0.682. The standard InChI is InChI=1S/C12H27NO4/c1-3-13-5-4-6-15-9-10-17-12-11-16-8-7-14-2/h13H,3-12H2,1-2H3. The Kier molecular flexibility index (Phi) is 15.6. The maximum Gasteiger partial charge on any atom is 0.0701 e. The van der Waals surface area contributed by atoms with E-state index in [9.17, 15) is 0 Å². The van der Waals surface area contributed by atoms with Crippen molar-refractivity contribution in [2.75, 3.05) is 66.4 Å². The molecule has 0 saturated heterocycles. The Balaban J connectivity index is 2.85. The minimum atomic E-state index is 0.615. The maximum atomic E-state index is 5.40. The number of hydrogen-bond donors (Lipinski definition) is 1. The molecule has 0 atom stereocenters. The van der Waals surface area contributed by atoms with E-state index in [-0.39, 0.29) is 0 Å². The van der Waals surface area contributed by atoms with Crippen LogP contribution >= 0.6 is 0 Å². The summed E-state index contributed by atoms with van der Waals surface area (Å²) in [5.41, 5.74) is 0. The summed E-state index contributed by atoms with van der Waals surface area (Å²) >= 11 is 0. The van der Waals surface area contributed by atoms with E-state index in [1.165, 1.54) is 0 Å². The first-order chi connectivity index (χ1) is 8.41. The molecule has 0 aliphatic rings. The topological polar surface area (TPSA) is 49.0 Å². The predicted molar refractivity (Wildman–Crippen MR) is 67.5 cm³/mol. The van der Waals surface area contributed by atoms with E-state index >= 15 is 0 Å². The monoisotopic (exact) mass is 249 g/mol. The van der Waals surface area contributed by atoms with Crippen LogP contribution in [0.5, 0.6) is 0 Å². The highest BCUT2D eigenvalue weighted by Crippen LogP contribution is 1.84. The number of nitrogens with one attached hydrogen (secondary N) is 1. The Labute approximate surface area is 105 Å². The molecular weight excluding hydrogens is 222 g/mol. The van der Waals surface area contributed by atoms with Crippen molar-refractivity contribution in [1.29, 1.82) is 0 Å². The first-order valence-electron chi connectivity index (χ1n) is 6.34. The summed E-state index contributed by atoms with van der Waals surface area (Å²) in [7, 11) is 1.66. The summed E-state index contributed by atoms with van der Waals surface area (Å²) in [6.07, 6.45) is 1.05. The third kappa shape index (κ3) is 15.8. The van der Waals surface area contributed by atoms with Gasteiger partial charge in [0.2, 0.25) is 0 Å². The van der Waals surface area contributed by atoms with Crippen molar-refractivity contribution >= 4 is 0 Å². The van der Waals surface area contributed by atoms with E-state index in [4.69, 9.17) is 18.9 Å². The van der Waals surface area contributed by atoms with Gasteiger partial charge in [0.25, 0.3) is 0 Å². The molecule has 0 unspecified atom stereocenters. The minimum absolute atomic E-state index is 0.615. The van der Waals surface area contributed by atoms with Crippen molar-refractivity contribution in [1.82, 2.24) is 5.32 Å². The van der Waals surface area contributed by atoms with Gasteiger partial charge >= 0.3 is 0 Å². The zero-order valence-corrected chi connectivity index (χ0v) is 11.2. The molecule has 0 fully saturated rings. The molecule has 0 saturated carbocycles. The van der Waals surface area contributed by atoms with Gasteiger partial charge in [0.05, 0.1) is 39.6 Å². The molecule has 0 aromatic carbocycles. The summed E-state index contributed by atoms with van der Waals surface area (Å²) in [6, 6.07) is 0. The molecule has 0 aromatic heterocycles. The van der Waals surface area contributed by atoms with Crippen molar-refractivity contribution in [3.63, 3.8) is 0 Å². The lowest BCUT2D eigenvalue weighted by molar-refractivity contribution is 0.00346. The average Bonchev–Trinajstić information content (AvgIpc) is 2.35. The molecule has 0 amide bonds. The number of methoxy groups -OCH3 is 1. The molecule has 0 rings (SSSR count). The van der Waals surface area contributed by atoms with Crippen LogP contribution in [0, 0.1) is 0 Å². The Morgan fingerprint density at radius 2 is 1.29 bits per heavy atom. The van der Waals surface area contributed by atoms with Crippen LogP contribution in [-0.2, 0) is 18.9 Å². The van der Waals surface area contributed by atoms with E-state index < -0.39 is 0 Å². The summed E-state index contributed by atoms with van der Waals surface area (Å²) in [5, 5.41) is 3.25. The highest BCUT2D eigenvalue weighted by atomic mass is 16.6. The van der Waals surface area contributed by atoms with Gasteiger partial charge in [0.15, 0.2) is 0 Å². The van der Waals surface area contributed by atoms with Crippen LogP contribution in [0.25, 0.3) is 0 Å². The number of rotatable bonds is 14. The van der Waals surface area contributed by atoms with E-state index in [0.29, 0.717) is 39.6 Å². The molecular formula is C12H27NO4. The zero-order chi connectivity index (χ0) is 12.6. The van der Waals surface area contributed by atoms with Gasteiger partial charge in [-0.05, 0) is 19.5 Å². The van der Waals surface area contributed by atoms with Crippen LogP contribution in [0.4, 0.5) is 0 Å². The molecule has 5 nitrogen and oxygen atoms in total. The fourth-order valence-electron chi connectivity index (χ4n) is 1.16. The lowest BCUT2D eigenvalue weighted by Gasteiger charge is -2.06. The van der Waals surface area contributed by atoms with E-state index in [1.54, 1.807) is 7.11 Å². The highest BCUT2D eigenvalue weighted by Gasteiger charge is 1.91. The molecule has 0 aromatic rings. The second kappa shape index (κ2) is 15.8. The quantitative estimate of drug-likeness (QED) is 0.459. The van der Waals surface area contributed by atoms with E-state index in [0.717, 1.165) is 26.1 Å². The lowest BCUT2D eigenvalue weighted by atomic mass is 10.4. The number of hydrogen-bond acceptors (Lipinski definition) is 5. The molecule has 1 N–H and O–H groups in total. The van der Waals surface area contributed by atoms with Crippen molar-refractivity contribution in [2.24, 2.45) is 0 Å². The Morgan fingerprint density at radius 3 is 1.82 bits per heavy atom. The fourth-order valence-corrected chi connectivity index (χ4v) is 1.16. The van der Waals surface area contributed by atoms with Gasteiger partial charge in [-0.1, -0.05) is 6.92 Å². The van der Waals surface area contributed by atoms with Crippen molar-refractivity contribution < 1.29 is 18.9 Å². The van der Waals surface area contributed by atoms with Crippen molar-refractivity contribution in [3.8, 4) is 0 Å². The van der Waals surface area contributed by atoms with Crippen LogP contribution in [-0.4, -0.2) is 66.4 Å². The van der Waals surface area contributed by atoms with Crippen LogP contribution < -0.4 is 5.32 Å². The Bertz CT molecular complexity index is 122. The van der Waals surface area contributed by atoms with Gasteiger partial charge in [-0.2, -0.15) is 0 Å². The third-order valence-corrected chi connectivity index (χ3v) is 2.07. The molecule has 0 bridgehead atoms. The first-order valence-corrected chi connectivity index (χ1v) is 6.34. The van der Waals surface area contributed by atoms with Crippen LogP contribution in [0.2, 0.25) is 0 Å². The van der Waals surface area contributed by atoms with Crippen LogP contribution in [0.1, 0.15) is 13.3 Å². The second-order valence-electron chi connectivity index (χ2n) is 3.54. The lowest BCUT2D eigenvalue weighted by Crippen LogP contribution is -2.16. The SMILES string of the molecule is CCNCCCOCCOCCOCCOC. The molecule has 0 aliphatic carbocycles. The summed E-state index contributed by atoms with van der Waals surface area (Å²) < 4.78 is 20.8. The van der Waals surface area contributed by atoms with Gasteiger partial charge in [0.1, 0.15) is 0 Å². The third-order valence-electron chi connectivity index (χ3n) is 2.07. The number of ether oxygens (including phenoxy) is 4. The highest BCUT2D eigenvalue weighted by molar-refractivity contribution is 4.42. The second-order valence-corrected chi connectivity index (χ2v) is 3.54. The van der Waals surface area contributed by atoms with Crippen molar-refractivity contribution in [2.45, 2.75) is 13.3 Å². The van der Waals surface area contributed by atoms with Gasteiger partial charge in [-0.3, -0.25) is 0 Å². The van der Waals surface area contributed by atoms with Gasteiger partial charge in [-0.25, -0.2) is 0 Å². The first kappa shape index (κ1) is 16.8. The van der Waals surface area contributed by atoms with Crippen molar-refractivity contribution in [3.05, 3.63) is 0 Å². The van der Waals surface area contributed by atoms with E-state index in [2.05, 4.69) is 12.2 Å². The summed E-state index contributed by atoms with van der Waals surface area (Å²) in [5.74, 6) is 0. The average molecular weight is 249 g/mol. The zero-order valence-electron chi connectivity index (χ0n) is 11.2. The molecule has 104 valence electrons. The molecule has 0 radical (unpaired) electrons. The molecule has 0 heterocycles. The maximum absolute atomic E-state index is 5.40. The van der Waals surface area contributed by atoms with E-state index in [1.807, 2.05) is 0 Å².